The molecule has 0 bridgehead atoms. The predicted molar refractivity (Wildman–Crippen MR) is 138 cm³/mol. The van der Waals surface area contributed by atoms with Crippen molar-refractivity contribution >= 4 is 35.2 Å². The number of aryl methyl sites for hydroxylation is 1. The number of anilines is 3. The molecule has 2 aromatic carbocycles. The average Bonchev–Trinajstić information content (AvgIpc) is 3.65. The summed E-state index contributed by atoms with van der Waals surface area (Å²) in [4.78, 5) is 26.5. The topological polar surface area (TPSA) is 96.4 Å². The molecule has 0 spiro atoms. The van der Waals surface area contributed by atoms with E-state index >= 15 is 0 Å². The van der Waals surface area contributed by atoms with E-state index in [0.29, 0.717) is 5.75 Å². The molecule has 0 radical (unpaired) electrons. The fourth-order valence-corrected chi connectivity index (χ4v) is 3.91. The number of hydrogen-bond acceptors (Lipinski definition) is 7. The minimum absolute atomic E-state index is 0.0758. The van der Waals surface area contributed by atoms with Gasteiger partial charge >= 0.3 is 0 Å². The molecule has 4 N–H and O–H groups in total. The third-order valence-corrected chi connectivity index (χ3v) is 6.17. The Balaban J connectivity index is 1.79. The largest absolute Gasteiger partial charge is 0.456 e. The highest BCUT2D eigenvalue weighted by Crippen LogP contribution is 2.35. The predicted octanol–water partition coefficient (Wildman–Crippen LogP) is 4.76. The fraction of sp³-hybridized carbons (Fsp3) is 0.280. The maximum atomic E-state index is 14.7. The van der Waals surface area contributed by atoms with Crippen molar-refractivity contribution in [3.8, 4) is 11.5 Å². The Morgan fingerprint density at radius 3 is 2.49 bits per heavy atom. The summed E-state index contributed by atoms with van der Waals surface area (Å²) in [5, 5.41) is 5.93. The Morgan fingerprint density at radius 1 is 1.14 bits per heavy atom. The normalized spacial score (nSPS) is 12.8. The molecule has 0 aliphatic heterocycles. The van der Waals surface area contributed by atoms with Gasteiger partial charge in [0, 0.05) is 30.9 Å². The van der Waals surface area contributed by atoms with Crippen LogP contribution in [0.1, 0.15) is 34.3 Å². The fourth-order valence-electron chi connectivity index (χ4n) is 3.55. The number of aromatic nitrogens is 1. The van der Waals surface area contributed by atoms with Crippen LogP contribution in [0.3, 0.4) is 0 Å². The van der Waals surface area contributed by atoms with Gasteiger partial charge in [0.05, 0.1) is 11.3 Å². The Kier molecular flexibility index (Phi) is 7.32. The van der Waals surface area contributed by atoms with Crippen molar-refractivity contribution in [1.82, 2.24) is 14.6 Å². The summed E-state index contributed by atoms with van der Waals surface area (Å²) in [5.41, 5.74) is 1.81. The molecule has 0 saturated heterocycles. The lowest BCUT2D eigenvalue weighted by atomic mass is 10.1. The van der Waals surface area contributed by atoms with Gasteiger partial charge in [-0.25, -0.2) is 9.11 Å². The van der Waals surface area contributed by atoms with Gasteiger partial charge in [0.15, 0.2) is 5.75 Å². The second kappa shape index (κ2) is 10.4. The third-order valence-electron chi connectivity index (χ3n) is 5.63. The van der Waals surface area contributed by atoms with Crippen LogP contribution < -0.4 is 30.4 Å². The van der Waals surface area contributed by atoms with E-state index in [1.807, 2.05) is 12.1 Å². The van der Waals surface area contributed by atoms with Crippen molar-refractivity contribution in [2.24, 2.45) is 7.05 Å². The number of rotatable bonds is 9. The number of hydrogen-bond donors (Lipinski definition) is 4. The molecule has 1 aromatic heterocycles. The number of carbonyl (C=O) groups excluding carboxylic acids is 1. The van der Waals surface area contributed by atoms with Crippen molar-refractivity contribution in [3.63, 3.8) is 0 Å². The van der Waals surface area contributed by atoms with Crippen LogP contribution in [0.5, 0.6) is 11.5 Å². The number of halogens is 1. The van der Waals surface area contributed by atoms with Crippen LogP contribution >= 0.6 is 12.1 Å². The molecule has 1 fully saturated rings. The van der Waals surface area contributed by atoms with Crippen LogP contribution in [0.2, 0.25) is 0 Å². The number of nitrogens with one attached hydrogen (secondary N) is 4. The molecule has 3 aromatic rings. The molecular weight excluding hydrogens is 469 g/mol. The Hall–Kier alpha value is -3.50. The number of amides is 1. The first-order valence-electron chi connectivity index (χ1n) is 11.2. The van der Waals surface area contributed by atoms with Crippen LogP contribution in [0.15, 0.2) is 47.3 Å². The van der Waals surface area contributed by atoms with Crippen molar-refractivity contribution < 1.29 is 13.9 Å². The van der Waals surface area contributed by atoms with Gasteiger partial charge in [0.1, 0.15) is 22.9 Å². The standard InChI is InChI=1S/C25H28FN5O3S/c1-14-5-12-20(19(26)13-14)29-23-21(24(32)28-16-6-7-16)22(15(2)25(33)31(23)4)34-18-10-8-17(9-11-18)30-35-27-3/h5,8-13,16,27,29-30H,6-7H2,1-4H3,(H,28,32). The first-order chi connectivity index (χ1) is 16.8. The monoisotopic (exact) mass is 497 g/mol. The Labute approximate surface area is 207 Å². The molecule has 1 aliphatic rings. The van der Waals surface area contributed by atoms with E-state index in [1.165, 1.54) is 22.8 Å². The number of nitrogens with zero attached hydrogens (tertiary/aromatic N) is 1. The smallest absolute Gasteiger partial charge is 0.259 e. The van der Waals surface area contributed by atoms with E-state index in [0.717, 1.165) is 24.1 Å². The molecule has 184 valence electrons. The van der Waals surface area contributed by atoms with Crippen molar-refractivity contribution in [3.05, 3.63) is 75.3 Å². The lowest BCUT2D eigenvalue weighted by Crippen LogP contribution is -2.31. The molecular formula is C25H28FN5O3S. The third kappa shape index (κ3) is 5.60. The average molecular weight is 498 g/mol. The molecule has 1 heterocycles. The second-order valence-corrected chi connectivity index (χ2v) is 9.25. The summed E-state index contributed by atoms with van der Waals surface area (Å²) >= 11 is 1.32. The first kappa shape index (κ1) is 24.6. The van der Waals surface area contributed by atoms with Gasteiger partial charge in [-0.2, -0.15) is 0 Å². The van der Waals surface area contributed by atoms with E-state index in [2.05, 4.69) is 20.1 Å². The molecule has 4 rings (SSSR count). The summed E-state index contributed by atoms with van der Waals surface area (Å²) in [6.07, 6.45) is 1.78. The lowest BCUT2D eigenvalue weighted by Gasteiger charge is -2.21. The van der Waals surface area contributed by atoms with E-state index in [9.17, 15) is 14.0 Å². The zero-order valence-electron chi connectivity index (χ0n) is 20.0. The minimum atomic E-state index is -0.489. The zero-order chi connectivity index (χ0) is 25.1. The Morgan fingerprint density at radius 2 is 1.86 bits per heavy atom. The Bertz CT molecular complexity index is 1310. The molecule has 0 unspecified atom stereocenters. The number of ether oxygens (including phenoxy) is 1. The van der Waals surface area contributed by atoms with E-state index in [-0.39, 0.29) is 45.9 Å². The van der Waals surface area contributed by atoms with Crippen molar-refractivity contribution in [2.45, 2.75) is 32.7 Å². The van der Waals surface area contributed by atoms with Gasteiger partial charge in [0.2, 0.25) is 0 Å². The zero-order valence-corrected chi connectivity index (χ0v) is 20.8. The minimum Gasteiger partial charge on any atom is -0.456 e. The summed E-state index contributed by atoms with van der Waals surface area (Å²) < 4.78 is 28.1. The molecule has 0 atom stereocenters. The SMILES string of the molecule is CNSNc1ccc(Oc2c(C(=O)NC3CC3)c(Nc3ccc(C)cc3F)n(C)c(=O)c2C)cc1. The van der Waals surface area contributed by atoms with Crippen LogP contribution in [0.25, 0.3) is 0 Å². The lowest BCUT2D eigenvalue weighted by molar-refractivity contribution is 0.0948. The highest BCUT2D eigenvalue weighted by molar-refractivity contribution is 7.98. The quantitative estimate of drug-likeness (QED) is 0.317. The maximum absolute atomic E-state index is 14.7. The first-order valence-corrected chi connectivity index (χ1v) is 12.0. The maximum Gasteiger partial charge on any atom is 0.259 e. The second-order valence-electron chi connectivity index (χ2n) is 8.43. The molecule has 35 heavy (non-hydrogen) atoms. The van der Waals surface area contributed by atoms with Crippen LogP contribution in [0.4, 0.5) is 21.6 Å². The summed E-state index contributed by atoms with van der Waals surface area (Å²) in [6, 6.07) is 11.9. The van der Waals surface area contributed by atoms with Crippen molar-refractivity contribution in [1.29, 1.82) is 0 Å². The van der Waals surface area contributed by atoms with Gasteiger partial charge in [-0.05, 0) is 75.7 Å². The number of pyridine rings is 1. The summed E-state index contributed by atoms with van der Waals surface area (Å²) in [7, 11) is 3.34. The number of carbonyl (C=O) groups is 1. The molecule has 1 saturated carbocycles. The van der Waals surface area contributed by atoms with E-state index in [4.69, 9.17) is 4.74 Å². The summed E-state index contributed by atoms with van der Waals surface area (Å²) in [6.45, 7) is 3.40. The van der Waals surface area contributed by atoms with Crippen LogP contribution in [-0.2, 0) is 7.05 Å². The molecule has 8 nitrogen and oxygen atoms in total. The highest BCUT2D eigenvalue weighted by Gasteiger charge is 2.30. The molecule has 1 aliphatic carbocycles. The van der Waals surface area contributed by atoms with E-state index < -0.39 is 5.82 Å². The van der Waals surface area contributed by atoms with Gasteiger partial charge < -0.3 is 20.1 Å². The van der Waals surface area contributed by atoms with Crippen LogP contribution in [-0.4, -0.2) is 23.6 Å². The van der Waals surface area contributed by atoms with Gasteiger partial charge in [-0.1, -0.05) is 6.07 Å². The molecule has 1 amide bonds. The van der Waals surface area contributed by atoms with Gasteiger partial charge in [-0.15, -0.1) is 0 Å². The molecule has 10 heteroatoms. The van der Waals surface area contributed by atoms with Crippen molar-refractivity contribution in [2.75, 3.05) is 17.1 Å². The van der Waals surface area contributed by atoms with Gasteiger partial charge in [-0.3, -0.25) is 14.2 Å². The van der Waals surface area contributed by atoms with E-state index in [1.54, 1.807) is 52.2 Å². The van der Waals surface area contributed by atoms with Gasteiger partial charge in [0.25, 0.3) is 11.5 Å². The van der Waals surface area contributed by atoms with Crippen LogP contribution in [0, 0.1) is 19.7 Å². The summed E-state index contributed by atoms with van der Waals surface area (Å²) in [5.74, 6) is -0.141. The number of benzene rings is 2. The highest BCUT2D eigenvalue weighted by atomic mass is 32.2.